The van der Waals surface area contributed by atoms with Crippen molar-refractivity contribution in [1.82, 2.24) is 0 Å². The van der Waals surface area contributed by atoms with E-state index < -0.39 is 0 Å². The summed E-state index contributed by atoms with van der Waals surface area (Å²) in [5, 5.41) is 0. The summed E-state index contributed by atoms with van der Waals surface area (Å²) < 4.78 is 6.45. The summed E-state index contributed by atoms with van der Waals surface area (Å²) in [6.45, 7) is 4.48. The van der Waals surface area contributed by atoms with E-state index in [9.17, 15) is 0 Å². The molecule has 2 rings (SSSR count). The molecule has 0 aromatic heterocycles. The second-order valence-electron chi connectivity index (χ2n) is 4.72. The minimum Gasteiger partial charge on any atom is -0.494 e. The van der Waals surface area contributed by atoms with E-state index in [1.807, 2.05) is 12.1 Å². The van der Waals surface area contributed by atoms with Crippen LogP contribution in [0.3, 0.4) is 0 Å². The van der Waals surface area contributed by atoms with Gasteiger partial charge in [-0.05, 0) is 40.8 Å². The Morgan fingerprint density at radius 1 is 1.35 bits per heavy atom. The van der Waals surface area contributed by atoms with Crippen molar-refractivity contribution in [2.24, 2.45) is 5.92 Å². The lowest BCUT2D eigenvalue weighted by atomic mass is 9.98. The number of ether oxygens (including phenoxy) is 1. The fourth-order valence-corrected chi connectivity index (χ4v) is 3.00. The van der Waals surface area contributed by atoms with Crippen molar-refractivity contribution < 1.29 is 4.74 Å². The predicted molar refractivity (Wildman–Crippen MR) is 75.7 cm³/mol. The summed E-state index contributed by atoms with van der Waals surface area (Å²) in [5.74, 6) is 1.68. The van der Waals surface area contributed by atoms with Crippen LogP contribution in [0.2, 0.25) is 0 Å². The third-order valence-electron chi connectivity index (χ3n) is 3.37. The first kappa shape index (κ1) is 12.6. The second-order valence-corrected chi connectivity index (χ2v) is 5.58. The van der Waals surface area contributed by atoms with Gasteiger partial charge in [0.15, 0.2) is 0 Å². The highest BCUT2D eigenvalue weighted by Crippen LogP contribution is 2.39. The monoisotopic (exact) mass is 298 g/mol. The Hall–Kier alpha value is -0.900. The molecular formula is C13H19BrN2O. The molecule has 1 aromatic carbocycles. The van der Waals surface area contributed by atoms with E-state index in [1.54, 1.807) is 7.11 Å². The van der Waals surface area contributed by atoms with Crippen LogP contribution in [-0.4, -0.2) is 20.2 Å². The molecule has 0 saturated carbocycles. The van der Waals surface area contributed by atoms with E-state index in [4.69, 9.17) is 10.5 Å². The number of piperidine rings is 1. The van der Waals surface area contributed by atoms with Gasteiger partial charge in [0.05, 0.1) is 12.8 Å². The number of rotatable bonds is 2. The average Bonchev–Trinajstić information content (AvgIpc) is 2.30. The highest BCUT2D eigenvalue weighted by Gasteiger charge is 2.21. The Labute approximate surface area is 111 Å². The van der Waals surface area contributed by atoms with Gasteiger partial charge < -0.3 is 15.4 Å². The number of hydrogen-bond acceptors (Lipinski definition) is 3. The van der Waals surface area contributed by atoms with Crippen LogP contribution < -0.4 is 15.4 Å². The summed E-state index contributed by atoms with van der Waals surface area (Å²) in [6.07, 6.45) is 2.47. The fourth-order valence-electron chi connectivity index (χ4n) is 2.29. The van der Waals surface area contributed by atoms with Crippen molar-refractivity contribution >= 4 is 27.3 Å². The van der Waals surface area contributed by atoms with E-state index >= 15 is 0 Å². The van der Waals surface area contributed by atoms with Gasteiger partial charge in [0.1, 0.15) is 5.75 Å². The molecule has 0 spiro atoms. The molecule has 0 aliphatic carbocycles. The molecule has 1 fully saturated rings. The number of halogens is 1. The molecule has 1 aromatic rings. The summed E-state index contributed by atoms with van der Waals surface area (Å²) in [5.41, 5.74) is 7.68. The van der Waals surface area contributed by atoms with Gasteiger partial charge >= 0.3 is 0 Å². The van der Waals surface area contributed by atoms with Crippen molar-refractivity contribution in [2.75, 3.05) is 30.8 Å². The Balaban J connectivity index is 2.31. The smallest absolute Gasteiger partial charge is 0.145 e. The first-order valence-corrected chi connectivity index (χ1v) is 6.79. The van der Waals surface area contributed by atoms with Gasteiger partial charge in [-0.15, -0.1) is 0 Å². The van der Waals surface area contributed by atoms with E-state index in [2.05, 4.69) is 27.8 Å². The zero-order chi connectivity index (χ0) is 12.4. The molecule has 1 saturated heterocycles. The van der Waals surface area contributed by atoms with Crippen LogP contribution in [0.4, 0.5) is 11.4 Å². The maximum Gasteiger partial charge on any atom is 0.145 e. The third-order valence-corrected chi connectivity index (χ3v) is 3.98. The minimum absolute atomic E-state index is 0.725. The zero-order valence-corrected chi connectivity index (χ0v) is 12.0. The summed E-state index contributed by atoms with van der Waals surface area (Å²) in [7, 11) is 1.69. The van der Waals surface area contributed by atoms with E-state index in [0.717, 1.165) is 40.6 Å². The van der Waals surface area contributed by atoms with Crippen molar-refractivity contribution in [1.29, 1.82) is 0 Å². The number of hydrogen-bond donors (Lipinski definition) is 1. The second kappa shape index (κ2) is 5.17. The largest absolute Gasteiger partial charge is 0.494 e. The molecule has 3 nitrogen and oxygen atoms in total. The van der Waals surface area contributed by atoms with E-state index in [1.165, 1.54) is 12.8 Å². The topological polar surface area (TPSA) is 38.5 Å². The van der Waals surface area contributed by atoms with Gasteiger partial charge in [-0.3, -0.25) is 0 Å². The minimum atomic E-state index is 0.725. The van der Waals surface area contributed by atoms with Crippen LogP contribution in [-0.2, 0) is 0 Å². The van der Waals surface area contributed by atoms with Crippen LogP contribution in [0.5, 0.6) is 5.75 Å². The normalized spacial score (nSPS) is 17.2. The first-order chi connectivity index (χ1) is 8.11. The van der Waals surface area contributed by atoms with Gasteiger partial charge in [0.2, 0.25) is 0 Å². The number of benzene rings is 1. The number of nitrogens with two attached hydrogens (primary N) is 1. The van der Waals surface area contributed by atoms with E-state index in [0.29, 0.717) is 0 Å². The molecule has 0 radical (unpaired) electrons. The quantitative estimate of drug-likeness (QED) is 0.852. The lowest BCUT2D eigenvalue weighted by Gasteiger charge is -2.33. The number of anilines is 2. The summed E-state index contributed by atoms with van der Waals surface area (Å²) in [6, 6.07) is 3.83. The highest BCUT2D eigenvalue weighted by molar-refractivity contribution is 9.10. The zero-order valence-electron chi connectivity index (χ0n) is 10.4. The molecular weight excluding hydrogens is 280 g/mol. The lowest BCUT2D eigenvalue weighted by molar-refractivity contribution is 0.404. The highest BCUT2D eigenvalue weighted by atomic mass is 79.9. The molecule has 1 heterocycles. The fraction of sp³-hybridized carbons (Fsp3) is 0.538. The molecule has 0 bridgehead atoms. The van der Waals surface area contributed by atoms with Gasteiger partial charge in [-0.1, -0.05) is 6.92 Å². The maximum atomic E-state index is 5.83. The molecule has 4 heteroatoms. The molecule has 17 heavy (non-hydrogen) atoms. The SMILES string of the molecule is COc1cc(N)cc(Br)c1N1CCC(C)CC1. The van der Waals surface area contributed by atoms with Gasteiger partial charge in [-0.2, -0.15) is 0 Å². The third kappa shape index (κ3) is 2.68. The molecule has 0 atom stereocenters. The Morgan fingerprint density at radius 3 is 2.59 bits per heavy atom. The Bertz CT molecular complexity index is 401. The Morgan fingerprint density at radius 2 is 2.00 bits per heavy atom. The first-order valence-electron chi connectivity index (χ1n) is 5.99. The number of methoxy groups -OCH3 is 1. The number of nitrogen functional groups attached to an aromatic ring is 1. The molecule has 0 amide bonds. The predicted octanol–water partition coefficient (Wildman–Crippen LogP) is 3.28. The molecule has 1 aliphatic heterocycles. The summed E-state index contributed by atoms with van der Waals surface area (Å²) >= 11 is 3.59. The van der Waals surface area contributed by atoms with Crippen LogP contribution in [0.1, 0.15) is 19.8 Å². The Kier molecular flexibility index (Phi) is 3.82. The maximum absolute atomic E-state index is 5.83. The van der Waals surface area contributed by atoms with Gasteiger partial charge in [0, 0.05) is 29.3 Å². The van der Waals surface area contributed by atoms with Crippen molar-refractivity contribution in [3.8, 4) is 5.75 Å². The average molecular weight is 299 g/mol. The standard InChI is InChI=1S/C13H19BrN2O/c1-9-3-5-16(6-4-9)13-11(14)7-10(15)8-12(13)17-2/h7-9H,3-6,15H2,1-2H3. The molecule has 1 aliphatic rings. The van der Waals surface area contributed by atoms with Crippen LogP contribution in [0.15, 0.2) is 16.6 Å². The molecule has 0 unspecified atom stereocenters. The van der Waals surface area contributed by atoms with Crippen LogP contribution in [0.25, 0.3) is 0 Å². The van der Waals surface area contributed by atoms with Crippen molar-refractivity contribution in [3.05, 3.63) is 16.6 Å². The van der Waals surface area contributed by atoms with Crippen molar-refractivity contribution in [3.63, 3.8) is 0 Å². The van der Waals surface area contributed by atoms with Crippen LogP contribution in [0, 0.1) is 5.92 Å². The van der Waals surface area contributed by atoms with Crippen molar-refractivity contribution in [2.45, 2.75) is 19.8 Å². The molecule has 2 N–H and O–H groups in total. The molecule has 94 valence electrons. The summed E-state index contributed by atoms with van der Waals surface area (Å²) in [4.78, 5) is 2.38. The van der Waals surface area contributed by atoms with Gasteiger partial charge in [0.25, 0.3) is 0 Å². The lowest BCUT2D eigenvalue weighted by Crippen LogP contribution is -2.33. The number of nitrogens with zero attached hydrogens (tertiary/aromatic N) is 1. The van der Waals surface area contributed by atoms with Gasteiger partial charge in [-0.25, -0.2) is 0 Å². The van der Waals surface area contributed by atoms with E-state index in [-0.39, 0.29) is 0 Å². The van der Waals surface area contributed by atoms with Crippen LogP contribution >= 0.6 is 15.9 Å².